The number of likely N-dealkylation sites (tertiary alicyclic amines) is 1. The van der Waals surface area contributed by atoms with Crippen molar-refractivity contribution in [2.75, 3.05) is 17.8 Å². The van der Waals surface area contributed by atoms with Gasteiger partial charge in [-0.3, -0.25) is 14.6 Å². The number of ether oxygens (including phenoxy) is 1. The van der Waals surface area contributed by atoms with Gasteiger partial charge in [0.1, 0.15) is 17.5 Å². The van der Waals surface area contributed by atoms with E-state index in [4.69, 9.17) is 4.74 Å². The number of rotatable bonds is 9. The molecule has 12 nitrogen and oxygen atoms in total. The monoisotopic (exact) mass is 670 g/mol. The number of nitrogens with zero attached hydrogens (tertiary/aromatic N) is 6. The third kappa shape index (κ3) is 5.95. The smallest absolute Gasteiger partial charge is 0.262 e. The number of aromatic amines is 1. The van der Waals surface area contributed by atoms with Crippen LogP contribution in [0.3, 0.4) is 0 Å². The van der Waals surface area contributed by atoms with Gasteiger partial charge in [0, 0.05) is 31.1 Å². The molecule has 7 rings (SSSR count). The normalized spacial score (nSPS) is 14.8. The number of carbonyl (C=O) groups is 1. The van der Waals surface area contributed by atoms with Crippen LogP contribution in [-0.4, -0.2) is 68.6 Å². The number of fused-ring (bicyclic) bond motifs is 1. The lowest BCUT2D eigenvalue weighted by Crippen LogP contribution is -2.30. The molecular weight excluding hydrogens is 642 g/mol. The van der Waals surface area contributed by atoms with Gasteiger partial charge in [0.05, 0.1) is 28.7 Å². The first kappa shape index (κ1) is 30.9. The second-order valence-electron chi connectivity index (χ2n) is 11.2. The van der Waals surface area contributed by atoms with Crippen LogP contribution in [-0.2, 0) is 14.8 Å². The van der Waals surface area contributed by atoms with Crippen molar-refractivity contribution < 1.29 is 26.7 Å². The predicted octanol–water partition coefficient (Wildman–Crippen LogP) is 5.34. The van der Waals surface area contributed by atoms with Gasteiger partial charge in [0.2, 0.25) is 11.8 Å². The van der Waals surface area contributed by atoms with E-state index >= 15 is 8.78 Å². The van der Waals surface area contributed by atoms with E-state index in [0.29, 0.717) is 54.0 Å². The standard InChI is InChI=1S/C33H28F2N8O4S/c1-2-29(44)42-14-13-23(18-42)47-33-25-16-22(17-36-32(25)38-39-33)28-19-43(41-37-28)31-26(34)11-12-27(30(31)35)40-48(45,46)24-10-6-9-21(15-24)20-7-4-3-5-8-20/h3-12,15-17,19,23,40H,2,13-14,18H2,1H3,(H,36,38,39)/t23-/m0/s1. The minimum atomic E-state index is -4.26. The first-order chi connectivity index (χ1) is 23.2. The number of halogens is 2. The largest absolute Gasteiger partial charge is 0.471 e. The Kier molecular flexibility index (Phi) is 8.04. The van der Waals surface area contributed by atoms with Crippen molar-refractivity contribution in [2.24, 2.45) is 0 Å². The quantitative estimate of drug-likeness (QED) is 0.210. The number of hydrogen-bond donors (Lipinski definition) is 2. The van der Waals surface area contributed by atoms with E-state index in [1.165, 1.54) is 24.5 Å². The summed E-state index contributed by atoms with van der Waals surface area (Å²) < 4.78 is 66.7. The first-order valence-corrected chi connectivity index (χ1v) is 16.6. The Hall–Kier alpha value is -5.70. The molecule has 0 unspecified atom stereocenters. The summed E-state index contributed by atoms with van der Waals surface area (Å²) in [7, 11) is -4.26. The van der Waals surface area contributed by atoms with Crippen molar-refractivity contribution in [3.8, 4) is 34.0 Å². The van der Waals surface area contributed by atoms with Gasteiger partial charge in [-0.05, 0) is 41.5 Å². The number of pyridine rings is 1. The molecule has 0 radical (unpaired) electrons. The fraction of sp³-hybridized carbons (Fsp3) is 0.182. The third-order valence-electron chi connectivity index (χ3n) is 8.04. The van der Waals surface area contributed by atoms with Gasteiger partial charge in [-0.25, -0.2) is 26.9 Å². The maximum atomic E-state index is 15.8. The summed E-state index contributed by atoms with van der Waals surface area (Å²) in [6.45, 7) is 2.87. The molecule has 48 heavy (non-hydrogen) atoms. The number of anilines is 1. The highest BCUT2D eigenvalue weighted by atomic mass is 32.2. The minimum Gasteiger partial charge on any atom is -0.471 e. The van der Waals surface area contributed by atoms with Crippen LogP contribution in [0.4, 0.5) is 14.5 Å². The molecule has 2 N–H and O–H groups in total. The molecule has 6 aromatic rings. The van der Waals surface area contributed by atoms with E-state index in [2.05, 4.69) is 30.2 Å². The lowest BCUT2D eigenvalue weighted by Gasteiger charge is -2.15. The summed E-state index contributed by atoms with van der Waals surface area (Å²) in [5, 5.41) is 15.6. The second kappa shape index (κ2) is 12.5. The second-order valence-corrected chi connectivity index (χ2v) is 12.9. The SMILES string of the molecule is CCC(=O)N1CC[C@H](Oc2n[nH]c3ncc(-c4cn(-c5c(F)ccc(NS(=O)(=O)c6cccc(-c7ccccc7)c6)c5F)nn4)cc23)C1. The molecule has 3 aromatic carbocycles. The Labute approximate surface area is 273 Å². The highest BCUT2D eigenvalue weighted by Crippen LogP contribution is 2.31. The summed E-state index contributed by atoms with van der Waals surface area (Å²) in [4.78, 5) is 18.1. The summed E-state index contributed by atoms with van der Waals surface area (Å²) in [5.41, 5.74) is 1.52. The zero-order valence-electron chi connectivity index (χ0n) is 25.5. The first-order valence-electron chi connectivity index (χ1n) is 15.1. The molecule has 1 aliphatic heterocycles. The molecule has 4 heterocycles. The number of carbonyl (C=O) groups excluding carboxylic acids is 1. The minimum absolute atomic E-state index is 0.0597. The molecule has 1 amide bonds. The zero-order valence-corrected chi connectivity index (χ0v) is 26.3. The summed E-state index contributed by atoms with van der Waals surface area (Å²) in [6, 6.07) is 19.1. The maximum Gasteiger partial charge on any atom is 0.262 e. The average molecular weight is 671 g/mol. The van der Waals surface area contributed by atoms with Crippen LogP contribution in [0.25, 0.3) is 39.1 Å². The highest BCUT2D eigenvalue weighted by Gasteiger charge is 2.28. The van der Waals surface area contributed by atoms with E-state index in [1.54, 1.807) is 23.1 Å². The van der Waals surface area contributed by atoms with Crippen molar-refractivity contribution in [3.63, 3.8) is 0 Å². The molecule has 1 fully saturated rings. The van der Waals surface area contributed by atoms with E-state index < -0.39 is 33.0 Å². The molecule has 244 valence electrons. The van der Waals surface area contributed by atoms with E-state index in [-0.39, 0.29) is 22.6 Å². The molecule has 0 bridgehead atoms. The van der Waals surface area contributed by atoms with E-state index in [0.717, 1.165) is 22.4 Å². The number of benzene rings is 3. The lowest BCUT2D eigenvalue weighted by atomic mass is 10.1. The van der Waals surface area contributed by atoms with Crippen LogP contribution in [0.1, 0.15) is 19.8 Å². The van der Waals surface area contributed by atoms with Crippen LogP contribution >= 0.6 is 0 Å². The fourth-order valence-corrected chi connectivity index (χ4v) is 6.66. The highest BCUT2D eigenvalue weighted by molar-refractivity contribution is 7.92. The predicted molar refractivity (Wildman–Crippen MR) is 173 cm³/mol. The van der Waals surface area contributed by atoms with E-state index in [9.17, 15) is 13.2 Å². The number of hydrogen-bond acceptors (Lipinski definition) is 8. The van der Waals surface area contributed by atoms with Crippen LogP contribution in [0.15, 0.2) is 90.1 Å². The van der Waals surface area contributed by atoms with Crippen molar-refractivity contribution >= 4 is 32.7 Å². The van der Waals surface area contributed by atoms with Crippen molar-refractivity contribution in [2.45, 2.75) is 30.8 Å². The molecule has 3 aromatic heterocycles. The molecule has 1 atom stereocenters. The number of amides is 1. The van der Waals surface area contributed by atoms with Crippen molar-refractivity contribution in [3.05, 3.63) is 96.8 Å². The lowest BCUT2D eigenvalue weighted by molar-refractivity contribution is -0.130. The molecule has 0 aliphatic carbocycles. The fourth-order valence-electron chi connectivity index (χ4n) is 5.56. The summed E-state index contributed by atoms with van der Waals surface area (Å²) in [5.74, 6) is -1.80. The van der Waals surface area contributed by atoms with Crippen molar-refractivity contribution in [1.29, 1.82) is 0 Å². The Morgan fingerprint density at radius 2 is 1.85 bits per heavy atom. The Morgan fingerprint density at radius 3 is 2.67 bits per heavy atom. The maximum absolute atomic E-state index is 15.8. The Balaban J connectivity index is 1.14. The molecular formula is C33H28F2N8O4S. The van der Waals surface area contributed by atoms with Gasteiger partial charge < -0.3 is 9.64 Å². The van der Waals surface area contributed by atoms with Gasteiger partial charge in [0.15, 0.2) is 17.3 Å². The number of sulfonamides is 1. The summed E-state index contributed by atoms with van der Waals surface area (Å²) in [6.07, 6.45) is 3.64. The van der Waals surface area contributed by atoms with Crippen LogP contribution in [0.2, 0.25) is 0 Å². The third-order valence-corrected chi connectivity index (χ3v) is 9.40. The average Bonchev–Trinajstić information content (AvgIpc) is 3.87. The Bertz CT molecular complexity index is 2260. The molecule has 1 saturated heterocycles. The topological polar surface area (TPSA) is 148 Å². The molecule has 1 aliphatic rings. The van der Waals surface area contributed by atoms with Crippen LogP contribution < -0.4 is 9.46 Å². The van der Waals surface area contributed by atoms with Gasteiger partial charge >= 0.3 is 0 Å². The van der Waals surface area contributed by atoms with Crippen molar-refractivity contribution in [1.82, 2.24) is 35.1 Å². The number of aromatic nitrogens is 6. The molecule has 0 saturated carbocycles. The van der Waals surface area contributed by atoms with Gasteiger partial charge in [-0.15, -0.1) is 10.2 Å². The number of nitrogens with one attached hydrogen (secondary N) is 2. The molecule has 0 spiro atoms. The van der Waals surface area contributed by atoms with Gasteiger partial charge in [0.25, 0.3) is 10.0 Å². The zero-order chi connectivity index (χ0) is 33.4. The number of H-pyrrole nitrogens is 1. The Morgan fingerprint density at radius 1 is 1.04 bits per heavy atom. The van der Waals surface area contributed by atoms with Crippen LogP contribution in [0, 0.1) is 11.6 Å². The van der Waals surface area contributed by atoms with Gasteiger partial charge in [-0.1, -0.05) is 54.6 Å². The summed E-state index contributed by atoms with van der Waals surface area (Å²) >= 11 is 0. The van der Waals surface area contributed by atoms with E-state index in [1.807, 2.05) is 37.3 Å². The van der Waals surface area contributed by atoms with Crippen LogP contribution in [0.5, 0.6) is 5.88 Å². The molecule has 15 heteroatoms. The van der Waals surface area contributed by atoms with Gasteiger partial charge in [-0.2, -0.15) is 0 Å².